The van der Waals surface area contributed by atoms with Gasteiger partial charge in [-0.05, 0) is 13.0 Å². The molecule has 0 amide bonds. The van der Waals surface area contributed by atoms with Gasteiger partial charge in [0.25, 0.3) is 5.95 Å². The number of anilines is 1. The highest BCUT2D eigenvalue weighted by molar-refractivity contribution is 6.33. The van der Waals surface area contributed by atoms with Crippen LogP contribution in [-0.4, -0.2) is 33.3 Å². The number of aromatic nitrogens is 3. The summed E-state index contributed by atoms with van der Waals surface area (Å²) in [5.41, 5.74) is 3.20. The van der Waals surface area contributed by atoms with Crippen molar-refractivity contribution < 1.29 is 9.84 Å². The molecule has 122 valence electrons. The van der Waals surface area contributed by atoms with Crippen LogP contribution in [0, 0.1) is 6.92 Å². The van der Waals surface area contributed by atoms with Gasteiger partial charge in [0.15, 0.2) is 17.3 Å². The van der Waals surface area contributed by atoms with Crippen molar-refractivity contribution >= 4 is 48.6 Å². The van der Waals surface area contributed by atoms with Crippen LogP contribution in [0.15, 0.2) is 17.2 Å². The number of methoxy groups -OCH3 is 1. The first-order valence-corrected chi connectivity index (χ1v) is 5.93. The predicted octanol–water partition coefficient (Wildman–Crippen LogP) is 1.96. The summed E-state index contributed by atoms with van der Waals surface area (Å²) in [5, 5.41) is 21.4. The summed E-state index contributed by atoms with van der Waals surface area (Å²) in [6.07, 6.45) is 1.45. The molecule has 1 aromatic carbocycles. The van der Waals surface area contributed by atoms with Gasteiger partial charge in [0.2, 0.25) is 0 Å². The third-order valence-corrected chi connectivity index (χ3v) is 2.86. The zero-order valence-electron chi connectivity index (χ0n) is 11.6. The molecule has 0 spiro atoms. The largest absolute Gasteiger partial charge is 0.504 e. The second kappa shape index (κ2) is 8.52. The molecule has 4 N–H and O–H groups in total. The quantitative estimate of drug-likeness (QED) is 0.431. The van der Waals surface area contributed by atoms with E-state index in [1.54, 1.807) is 13.0 Å². The lowest BCUT2D eigenvalue weighted by molar-refractivity contribution is 0.373. The number of nitrogen functional groups attached to an aromatic ring is 1. The van der Waals surface area contributed by atoms with Gasteiger partial charge in [0, 0.05) is 11.6 Å². The number of nitrogens with two attached hydrogens (primary N) is 1. The Morgan fingerprint density at radius 2 is 2.09 bits per heavy atom. The van der Waals surface area contributed by atoms with E-state index in [9.17, 15) is 5.11 Å². The Morgan fingerprint density at radius 1 is 1.41 bits per heavy atom. The zero-order chi connectivity index (χ0) is 14.7. The van der Waals surface area contributed by atoms with Gasteiger partial charge < -0.3 is 15.7 Å². The standard InChI is InChI=1S/C11H13ClN6O2.2ClH/c1-6-15-17-11(18(6)13)16-14-5-7-3-10(20-2)9(19)4-8(7)12;;/h3-5,19H,13H2,1-2H3,(H,16,17);2*1H. The average molecular weight is 370 g/mol. The van der Waals surface area contributed by atoms with Crippen molar-refractivity contribution in [3.63, 3.8) is 0 Å². The summed E-state index contributed by atoms with van der Waals surface area (Å²) in [5.74, 6) is 6.75. The second-order valence-electron chi connectivity index (χ2n) is 3.86. The smallest absolute Gasteiger partial charge is 0.263 e. The summed E-state index contributed by atoms with van der Waals surface area (Å²) >= 11 is 5.98. The molecular formula is C11H15Cl3N6O2. The number of nitrogens with zero attached hydrogens (tertiary/aromatic N) is 4. The minimum Gasteiger partial charge on any atom is -0.504 e. The topological polar surface area (TPSA) is 111 Å². The Labute approximate surface area is 144 Å². The average Bonchev–Trinajstić information content (AvgIpc) is 2.73. The number of aromatic hydroxyl groups is 1. The molecule has 0 atom stereocenters. The second-order valence-corrected chi connectivity index (χ2v) is 4.26. The minimum absolute atomic E-state index is 0. The molecule has 0 unspecified atom stereocenters. The molecule has 1 aromatic heterocycles. The molecule has 0 aliphatic rings. The zero-order valence-corrected chi connectivity index (χ0v) is 14.0. The van der Waals surface area contributed by atoms with Crippen molar-refractivity contribution in [1.29, 1.82) is 0 Å². The van der Waals surface area contributed by atoms with Crippen LogP contribution in [0.3, 0.4) is 0 Å². The molecule has 0 aliphatic heterocycles. The summed E-state index contributed by atoms with van der Waals surface area (Å²) in [4.78, 5) is 0. The summed E-state index contributed by atoms with van der Waals surface area (Å²) < 4.78 is 6.25. The number of phenols is 1. The Balaban J connectivity index is 0.00000220. The Kier molecular flexibility index (Phi) is 7.78. The fourth-order valence-electron chi connectivity index (χ4n) is 1.43. The van der Waals surface area contributed by atoms with Crippen molar-refractivity contribution in [2.24, 2.45) is 5.10 Å². The first kappa shape index (κ1) is 20.1. The number of hydrogen-bond acceptors (Lipinski definition) is 7. The van der Waals surface area contributed by atoms with Crippen LogP contribution in [0.5, 0.6) is 11.5 Å². The molecule has 0 radical (unpaired) electrons. The first-order valence-electron chi connectivity index (χ1n) is 5.55. The molecule has 0 bridgehead atoms. The van der Waals surface area contributed by atoms with Gasteiger partial charge in [-0.3, -0.25) is 0 Å². The molecule has 11 heteroatoms. The van der Waals surface area contributed by atoms with E-state index in [1.165, 1.54) is 24.1 Å². The van der Waals surface area contributed by atoms with Crippen LogP contribution in [-0.2, 0) is 0 Å². The van der Waals surface area contributed by atoms with Crippen molar-refractivity contribution in [3.8, 4) is 11.5 Å². The van der Waals surface area contributed by atoms with E-state index in [0.29, 0.717) is 28.1 Å². The normalized spacial score (nSPS) is 9.95. The van der Waals surface area contributed by atoms with E-state index >= 15 is 0 Å². The lowest BCUT2D eigenvalue weighted by atomic mass is 10.2. The maximum Gasteiger partial charge on any atom is 0.263 e. The predicted molar refractivity (Wildman–Crippen MR) is 90.3 cm³/mol. The van der Waals surface area contributed by atoms with E-state index in [-0.39, 0.29) is 30.6 Å². The van der Waals surface area contributed by atoms with Crippen molar-refractivity contribution in [1.82, 2.24) is 14.9 Å². The van der Waals surface area contributed by atoms with Crippen molar-refractivity contribution in [3.05, 3.63) is 28.5 Å². The van der Waals surface area contributed by atoms with Crippen LogP contribution in [0.25, 0.3) is 0 Å². The molecule has 1 heterocycles. The van der Waals surface area contributed by atoms with Crippen LogP contribution in [0.1, 0.15) is 11.4 Å². The van der Waals surface area contributed by atoms with Crippen LogP contribution < -0.4 is 16.0 Å². The van der Waals surface area contributed by atoms with E-state index in [1.807, 2.05) is 0 Å². The van der Waals surface area contributed by atoms with E-state index < -0.39 is 0 Å². The molecule has 2 rings (SSSR count). The van der Waals surface area contributed by atoms with Gasteiger partial charge in [-0.15, -0.1) is 35.0 Å². The Bertz CT molecular complexity index is 662. The van der Waals surface area contributed by atoms with Crippen molar-refractivity contribution in [2.45, 2.75) is 6.92 Å². The van der Waals surface area contributed by atoms with Crippen LogP contribution in [0.2, 0.25) is 5.02 Å². The number of hydrogen-bond donors (Lipinski definition) is 3. The maximum atomic E-state index is 9.55. The summed E-state index contributed by atoms with van der Waals surface area (Å²) in [7, 11) is 1.45. The van der Waals surface area contributed by atoms with Gasteiger partial charge in [0.1, 0.15) is 0 Å². The number of halogens is 3. The number of phenolic OH excluding ortho intramolecular Hbond substituents is 1. The monoisotopic (exact) mass is 368 g/mol. The lowest BCUT2D eigenvalue weighted by Crippen LogP contribution is -2.13. The number of rotatable bonds is 4. The molecule has 22 heavy (non-hydrogen) atoms. The molecular weight excluding hydrogens is 355 g/mol. The maximum absolute atomic E-state index is 9.55. The summed E-state index contributed by atoms with van der Waals surface area (Å²) in [6.45, 7) is 1.71. The van der Waals surface area contributed by atoms with E-state index in [0.717, 1.165) is 0 Å². The highest BCUT2D eigenvalue weighted by atomic mass is 35.5. The first-order chi connectivity index (χ1) is 9.52. The summed E-state index contributed by atoms with van der Waals surface area (Å²) in [6, 6.07) is 2.93. The van der Waals surface area contributed by atoms with E-state index in [2.05, 4.69) is 20.7 Å². The number of ether oxygens (including phenoxy) is 1. The van der Waals surface area contributed by atoms with Gasteiger partial charge in [-0.25, -0.2) is 10.1 Å². The fraction of sp³-hybridized carbons (Fsp3) is 0.182. The van der Waals surface area contributed by atoms with Crippen LogP contribution >= 0.6 is 36.4 Å². The highest BCUT2D eigenvalue weighted by Crippen LogP contribution is 2.31. The van der Waals surface area contributed by atoms with Gasteiger partial charge in [-0.2, -0.15) is 5.10 Å². The van der Waals surface area contributed by atoms with Gasteiger partial charge in [0.05, 0.1) is 18.3 Å². The third-order valence-electron chi connectivity index (χ3n) is 2.53. The molecule has 0 saturated heterocycles. The molecule has 0 fully saturated rings. The fourth-order valence-corrected chi connectivity index (χ4v) is 1.63. The number of aryl methyl sites for hydroxylation is 1. The third kappa shape index (κ3) is 4.30. The van der Waals surface area contributed by atoms with E-state index in [4.69, 9.17) is 22.2 Å². The highest BCUT2D eigenvalue weighted by Gasteiger charge is 2.07. The molecule has 0 saturated carbocycles. The Hall–Kier alpha value is -1.90. The lowest BCUT2D eigenvalue weighted by Gasteiger charge is -2.06. The van der Waals surface area contributed by atoms with Crippen LogP contribution in [0.4, 0.5) is 5.95 Å². The molecule has 2 aromatic rings. The van der Waals surface area contributed by atoms with Crippen molar-refractivity contribution in [2.75, 3.05) is 18.4 Å². The molecule has 0 aliphatic carbocycles. The molecule has 8 nitrogen and oxygen atoms in total. The van der Waals surface area contributed by atoms with Gasteiger partial charge in [-0.1, -0.05) is 11.6 Å². The number of benzene rings is 1. The number of hydrazone groups is 1. The number of nitrogens with one attached hydrogen (secondary N) is 1. The SMILES string of the molecule is COc1cc(C=NNc2nnc(C)n2N)c(Cl)cc1O.Cl.Cl. The van der Waals surface area contributed by atoms with Gasteiger partial charge >= 0.3 is 0 Å². The minimum atomic E-state index is -0.0417. The Morgan fingerprint density at radius 3 is 2.64 bits per heavy atom.